The first-order valence-electron chi connectivity index (χ1n) is 7.99. The molecule has 0 bridgehead atoms. The highest BCUT2D eigenvalue weighted by Gasteiger charge is 2.32. The minimum absolute atomic E-state index is 0.0381. The molecule has 3 rings (SSSR count). The van der Waals surface area contributed by atoms with E-state index in [2.05, 4.69) is 17.1 Å². The van der Waals surface area contributed by atoms with E-state index in [0.717, 1.165) is 31.5 Å². The van der Waals surface area contributed by atoms with Gasteiger partial charge in [-0.05, 0) is 56.3 Å². The fraction of sp³-hybridized carbons (Fsp3) is 0.647. The van der Waals surface area contributed by atoms with Gasteiger partial charge in [-0.25, -0.2) is 4.39 Å². The van der Waals surface area contributed by atoms with Crippen LogP contribution >= 0.6 is 0 Å². The van der Waals surface area contributed by atoms with Crippen molar-refractivity contribution in [3.63, 3.8) is 0 Å². The van der Waals surface area contributed by atoms with Crippen LogP contribution in [0.1, 0.15) is 44.1 Å². The van der Waals surface area contributed by atoms with Crippen LogP contribution in [-0.2, 0) is 0 Å². The zero-order valence-electron chi connectivity index (χ0n) is 12.3. The standard InChI is InChI=1S/C17H25FN2/c1-2-20-9-5-6-15(20)12-19-14-10-13(11-14)16-7-3-4-8-17(16)18/h3-4,7-8,13-15,19H,2,5-6,9-12H2,1H3. The van der Waals surface area contributed by atoms with Crippen molar-refractivity contribution in [2.24, 2.45) is 0 Å². The molecule has 1 atom stereocenters. The third-order valence-electron chi connectivity index (χ3n) is 5.03. The summed E-state index contributed by atoms with van der Waals surface area (Å²) in [4.78, 5) is 2.57. The Morgan fingerprint density at radius 2 is 2.10 bits per heavy atom. The van der Waals surface area contributed by atoms with Crippen molar-refractivity contribution in [3.8, 4) is 0 Å². The lowest BCUT2D eigenvalue weighted by molar-refractivity contribution is 0.224. The SMILES string of the molecule is CCN1CCCC1CNC1CC(c2ccccc2F)C1. The van der Waals surface area contributed by atoms with Crippen LogP contribution in [0.4, 0.5) is 4.39 Å². The first-order valence-corrected chi connectivity index (χ1v) is 7.99. The number of nitrogens with zero attached hydrogens (tertiary/aromatic N) is 1. The second-order valence-corrected chi connectivity index (χ2v) is 6.22. The molecule has 1 saturated carbocycles. The number of likely N-dealkylation sites (tertiary alicyclic amines) is 1. The highest BCUT2D eigenvalue weighted by molar-refractivity contribution is 5.24. The van der Waals surface area contributed by atoms with E-state index >= 15 is 0 Å². The molecule has 1 N–H and O–H groups in total. The van der Waals surface area contributed by atoms with Crippen LogP contribution in [0.2, 0.25) is 0 Å². The number of hydrogen-bond acceptors (Lipinski definition) is 2. The van der Waals surface area contributed by atoms with E-state index in [-0.39, 0.29) is 5.82 Å². The van der Waals surface area contributed by atoms with Crippen LogP contribution in [-0.4, -0.2) is 36.6 Å². The Morgan fingerprint density at radius 1 is 1.30 bits per heavy atom. The van der Waals surface area contributed by atoms with E-state index in [0.29, 0.717) is 18.0 Å². The first-order chi connectivity index (χ1) is 9.78. The van der Waals surface area contributed by atoms with Gasteiger partial charge >= 0.3 is 0 Å². The highest BCUT2D eigenvalue weighted by atomic mass is 19.1. The number of rotatable bonds is 5. The van der Waals surface area contributed by atoms with Gasteiger partial charge in [0.15, 0.2) is 0 Å². The summed E-state index contributed by atoms with van der Waals surface area (Å²) >= 11 is 0. The molecule has 0 aromatic heterocycles. The molecule has 1 aliphatic carbocycles. The summed E-state index contributed by atoms with van der Waals surface area (Å²) in [5, 5.41) is 3.68. The largest absolute Gasteiger partial charge is 0.312 e. The van der Waals surface area contributed by atoms with Gasteiger partial charge in [0.2, 0.25) is 0 Å². The molecule has 1 saturated heterocycles. The van der Waals surface area contributed by atoms with E-state index in [9.17, 15) is 4.39 Å². The molecule has 1 aliphatic heterocycles. The summed E-state index contributed by atoms with van der Waals surface area (Å²) in [6.45, 7) is 5.76. The summed E-state index contributed by atoms with van der Waals surface area (Å²) < 4.78 is 13.7. The number of likely N-dealkylation sites (N-methyl/N-ethyl adjacent to an activating group) is 1. The maximum absolute atomic E-state index is 13.7. The van der Waals surface area contributed by atoms with Crippen molar-refractivity contribution < 1.29 is 4.39 Å². The van der Waals surface area contributed by atoms with Gasteiger partial charge in [-0.15, -0.1) is 0 Å². The number of nitrogens with one attached hydrogen (secondary N) is 1. The van der Waals surface area contributed by atoms with Gasteiger partial charge in [-0.1, -0.05) is 25.1 Å². The average Bonchev–Trinajstić information content (AvgIpc) is 2.86. The quantitative estimate of drug-likeness (QED) is 0.889. The number of benzene rings is 1. The van der Waals surface area contributed by atoms with Gasteiger partial charge < -0.3 is 5.32 Å². The van der Waals surface area contributed by atoms with Crippen molar-refractivity contribution in [1.29, 1.82) is 0 Å². The van der Waals surface area contributed by atoms with Gasteiger partial charge in [-0.3, -0.25) is 4.90 Å². The minimum atomic E-state index is -0.0381. The second kappa shape index (κ2) is 6.23. The molecule has 2 fully saturated rings. The zero-order chi connectivity index (χ0) is 13.9. The number of hydrogen-bond donors (Lipinski definition) is 1. The third kappa shape index (κ3) is 2.89. The minimum Gasteiger partial charge on any atom is -0.312 e. The fourth-order valence-corrected chi connectivity index (χ4v) is 3.69. The van der Waals surface area contributed by atoms with E-state index in [1.807, 2.05) is 12.1 Å². The molecule has 20 heavy (non-hydrogen) atoms. The molecule has 3 heteroatoms. The molecular weight excluding hydrogens is 251 g/mol. The van der Waals surface area contributed by atoms with E-state index in [4.69, 9.17) is 0 Å². The highest BCUT2D eigenvalue weighted by Crippen LogP contribution is 2.38. The Labute approximate surface area is 121 Å². The van der Waals surface area contributed by atoms with Gasteiger partial charge in [0.1, 0.15) is 5.82 Å². The van der Waals surface area contributed by atoms with Crippen molar-refractivity contribution in [3.05, 3.63) is 35.6 Å². The lowest BCUT2D eigenvalue weighted by atomic mass is 9.75. The number of halogens is 1. The molecule has 1 aromatic carbocycles. The molecule has 2 nitrogen and oxygen atoms in total. The Bertz CT molecular complexity index is 442. The summed E-state index contributed by atoms with van der Waals surface area (Å²) in [5.74, 6) is 0.378. The fourth-order valence-electron chi connectivity index (χ4n) is 3.69. The first kappa shape index (κ1) is 14.0. The smallest absolute Gasteiger partial charge is 0.126 e. The molecule has 1 heterocycles. The third-order valence-corrected chi connectivity index (χ3v) is 5.03. The lowest BCUT2D eigenvalue weighted by Gasteiger charge is -2.38. The molecule has 110 valence electrons. The zero-order valence-corrected chi connectivity index (χ0v) is 12.3. The van der Waals surface area contributed by atoms with Crippen LogP contribution in [0.25, 0.3) is 0 Å². The van der Waals surface area contributed by atoms with Crippen molar-refractivity contribution >= 4 is 0 Å². The molecule has 2 aliphatic rings. The van der Waals surface area contributed by atoms with Gasteiger partial charge in [0, 0.05) is 18.6 Å². The van der Waals surface area contributed by atoms with Crippen LogP contribution in [0, 0.1) is 5.82 Å². The summed E-state index contributed by atoms with van der Waals surface area (Å²) in [6, 6.07) is 8.52. The van der Waals surface area contributed by atoms with Gasteiger partial charge in [0.05, 0.1) is 0 Å². The predicted octanol–water partition coefficient (Wildman–Crippen LogP) is 3.15. The molecule has 0 spiro atoms. The molecule has 1 aromatic rings. The molecular formula is C17H25FN2. The lowest BCUT2D eigenvalue weighted by Crippen LogP contribution is -2.46. The Balaban J connectivity index is 1.44. The molecule has 0 radical (unpaired) electrons. The molecule has 1 unspecified atom stereocenters. The summed E-state index contributed by atoms with van der Waals surface area (Å²) in [7, 11) is 0. The Morgan fingerprint density at radius 3 is 2.85 bits per heavy atom. The van der Waals surface area contributed by atoms with E-state index in [1.54, 1.807) is 12.1 Å². The molecule has 0 amide bonds. The van der Waals surface area contributed by atoms with Crippen molar-refractivity contribution in [2.75, 3.05) is 19.6 Å². The Hall–Kier alpha value is -0.930. The summed E-state index contributed by atoms with van der Waals surface area (Å²) in [6.07, 6.45) is 4.83. The maximum atomic E-state index is 13.7. The normalized spacial score (nSPS) is 30.4. The predicted molar refractivity (Wildman–Crippen MR) is 80.4 cm³/mol. The topological polar surface area (TPSA) is 15.3 Å². The monoisotopic (exact) mass is 276 g/mol. The summed E-state index contributed by atoms with van der Waals surface area (Å²) in [5.41, 5.74) is 0.904. The van der Waals surface area contributed by atoms with Crippen molar-refractivity contribution in [1.82, 2.24) is 10.2 Å². The van der Waals surface area contributed by atoms with Crippen LogP contribution in [0.5, 0.6) is 0 Å². The van der Waals surface area contributed by atoms with Gasteiger partial charge in [0.25, 0.3) is 0 Å². The Kier molecular flexibility index (Phi) is 4.37. The van der Waals surface area contributed by atoms with Crippen LogP contribution < -0.4 is 5.32 Å². The average molecular weight is 276 g/mol. The van der Waals surface area contributed by atoms with E-state index in [1.165, 1.54) is 19.4 Å². The van der Waals surface area contributed by atoms with Crippen LogP contribution in [0.15, 0.2) is 24.3 Å². The van der Waals surface area contributed by atoms with Gasteiger partial charge in [-0.2, -0.15) is 0 Å². The van der Waals surface area contributed by atoms with Crippen LogP contribution in [0.3, 0.4) is 0 Å². The maximum Gasteiger partial charge on any atom is 0.126 e. The second-order valence-electron chi connectivity index (χ2n) is 6.22. The van der Waals surface area contributed by atoms with Crippen molar-refractivity contribution in [2.45, 2.75) is 50.6 Å². The van der Waals surface area contributed by atoms with E-state index < -0.39 is 0 Å².